The lowest BCUT2D eigenvalue weighted by atomic mass is 9.97. The van der Waals surface area contributed by atoms with E-state index in [9.17, 15) is 9.18 Å². The first-order valence-corrected chi connectivity index (χ1v) is 11.4. The second-order valence-corrected chi connectivity index (χ2v) is 8.16. The summed E-state index contributed by atoms with van der Waals surface area (Å²) < 4.78 is 19.7. The summed E-state index contributed by atoms with van der Waals surface area (Å²) in [6, 6.07) is 5.47. The second kappa shape index (κ2) is 13.2. The number of carbonyl (C=O) groups is 1. The van der Waals surface area contributed by atoms with Gasteiger partial charge in [0.15, 0.2) is 5.96 Å². The summed E-state index contributed by atoms with van der Waals surface area (Å²) in [5, 5.41) is 3.32. The minimum atomic E-state index is -0.179. The van der Waals surface area contributed by atoms with Crippen molar-refractivity contribution in [2.75, 3.05) is 64.4 Å². The average Bonchev–Trinajstić information content (AvgIpc) is 2.81. The van der Waals surface area contributed by atoms with Crippen molar-refractivity contribution in [3.05, 3.63) is 29.6 Å². The van der Waals surface area contributed by atoms with Crippen LogP contribution in [0.2, 0.25) is 0 Å². The summed E-state index contributed by atoms with van der Waals surface area (Å²) >= 11 is 0. The molecule has 0 aromatic heterocycles. The maximum Gasteiger partial charge on any atom is 0.308 e. The number of halogens is 2. The van der Waals surface area contributed by atoms with Crippen LogP contribution in [0.1, 0.15) is 32.3 Å². The van der Waals surface area contributed by atoms with Crippen LogP contribution in [0.3, 0.4) is 0 Å². The minimum Gasteiger partial charge on any atom is -0.469 e. The van der Waals surface area contributed by atoms with E-state index in [0.29, 0.717) is 12.2 Å². The predicted molar refractivity (Wildman–Crippen MR) is 137 cm³/mol. The van der Waals surface area contributed by atoms with Gasteiger partial charge in [-0.2, -0.15) is 0 Å². The summed E-state index contributed by atoms with van der Waals surface area (Å²) in [6.07, 6.45) is 1.51. The molecule has 1 N–H and O–H groups in total. The standard InChI is InChI=1S/C23H36FN5O2.HI/c1-4-25-23(29-10-8-19(9-11-29)22(30)31-3)26-17-18-6-7-21(20(24)16-18)28-14-12-27(5-2)13-15-28;/h6-7,16,19H,4-5,8-15,17H2,1-3H3,(H,25,26);1H. The van der Waals surface area contributed by atoms with Crippen molar-refractivity contribution in [1.82, 2.24) is 15.1 Å². The number of piperazine rings is 1. The second-order valence-electron chi connectivity index (χ2n) is 8.16. The van der Waals surface area contributed by atoms with Gasteiger partial charge in [0, 0.05) is 45.8 Å². The van der Waals surface area contributed by atoms with E-state index >= 15 is 0 Å². The van der Waals surface area contributed by atoms with Gasteiger partial charge in [-0.05, 0) is 44.0 Å². The first-order valence-electron chi connectivity index (χ1n) is 11.4. The molecule has 2 aliphatic rings. The monoisotopic (exact) mass is 561 g/mol. The number of hydrogen-bond acceptors (Lipinski definition) is 5. The van der Waals surface area contributed by atoms with Crippen LogP contribution in [0.25, 0.3) is 0 Å². The van der Waals surface area contributed by atoms with Gasteiger partial charge in [-0.1, -0.05) is 13.0 Å². The van der Waals surface area contributed by atoms with Gasteiger partial charge in [0.1, 0.15) is 5.82 Å². The summed E-state index contributed by atoms with van der Waals surface area (Å²) in [7, 11) is 1.44. The molecule has 0 amide bonds. The number of aliphatic imine (C=N–C) groups is 1. The Balaban J connectivity index is 0.00000363. The molecule has 0 radical (unpaired) electrons. The number of ether oxygens (including phenoxy) is 1. The Bertz CT molecular complexity index is 763. The van der Waals surface area contributed by atoms with Crippen LogP contribution < -0.4 is 10.2 Å². The number of rotatable bonds is 6. The van der Waals surface area contributed by atoms with E-state index in [4.69, 9.17) is 9.73 Å². The highest BCUT2D eigenvalue weighted by molar-refractivity contribution is 14.0. The zero-order valence-corrected chi connectivity index (χ0v) is 21.8. The van der Waals surface area contributed by atoms with E-state index in [-0.39, 0.29) is 41.7 Å². The van der Waals surface area contributed by atoms with Crippen molar-refractivity contribution in [2.24, 2.45) is 10.9 Å². The number of benzene rings is 1. The SMILES string of the molecule is CCNC(=NCc1ccc(N2CCN(CC)CC2)c(F)c1)N1CCC(C(=O)OC)CC1.I. The number of nitrogens with one attached hydrogen (secondary N) is 1. The number of likely N-dealkylation sites (N-methyl/N-ethyl adjacent to an activating group) is 1. The van der Waals surface area contributed by atoms with Crippen molar-refractivity contribution in [1.29, 1.82) is 0 Å². The van der Waals surface area contributed by atoms with Crippen LogP contribution in [0.4, 0.5) is 10.1 Å². The van der Waals surface area contributed by atoms with E-state index in [1.165, 1.54) is 7.11 Å². The van der Waals surface area contributed by atoms with E-state index < -0.39 is 0 Å². The molecule has 0 spiro atoms. The van der Waals surface area contributed by atoms with Gasteiger partial charge in [-0.15, -0.1) is 24.0 Å². The number of guanidine groups is 1. The van der Waals surface area contributed by atoms with Crippen LogP contribution >= 0.6 is 24.0 Å². The first-order chi connectivity index (χ1) is 15.0. The molecule has 2 fully saturated rings. The Hall–Kier alpha value is -1.62. The molecule has 2 saturated heterocycles. The van der Waals surface area contributed by atoms with E-state index in [2.05, 4.69) is 26.9 Å². The largest absolute Gasteiger partial charge is 0.469 e. The van der Waals surface area contributed by atoms with Crippen molar-refractivity contribution >= 4 is 41.6 Å². The summed E-state index contributed by atoms with van der Waals surface area (Å²) in [6.45, 7) is 11.6. The van der Waals surface area contributed by atoms with Gasteiger partial charge in [-0.25, -0.2) is 9.38 Å². The first kappa shape index (κ1) is 26.6. The van der Waals surface area contributed by atoms with Gasteiger partial charge < -0.3 is 24.8 Å². The van der Waals surface area contributed by atoms with Crippen LogP contribution in [-0.4, -0.2) is 81.2 Å². The molecule has 0 aliphatic carbocycles. The Morgan fingerprint density at radius 3 is 2.41 bits per heavy atom. The summed E-state index contributed by atoms with van der Waals surface area (Å²) in [5.74, 6) is 0.464. The van der Waals surface area contributed by atoms with E-state index in [1.54, 1.807) is 6.07 Å². The zero-order valence-electron chi connectivity index (χ0n) is 19.5. The lowest BCUT2D eigenvalue weighted by Gasteiger charge is -2.35. The number of carbonyl (C=O) groups excluding carboxylic acids is 1. The molecule has 32 heavy (non-hydrogen) atoms. The third kappa shape index (κ3) is 6.94. The molecule has 2 heterocycles. The fraction of sp³-hybridized carbons (Fsp3) is 0.652. The van der Waals surface area contributed by atoms with E-state index in [1.807, 2.05) is 19.1 Å². The normalized spacial score (nSPS) is 18.3. The van der Waals surface area contributed by atoms with Crippen LogP contribution in [0, 0.1) is 11.7 Å². The quantitative estimate of drug-likeness (QED) is 0.250. The third-order valence-electron chi connectivity index (χ3n) is 6.25. The molecule has 9 heteroatoms. The topological polar surface area (TPSA) is 60.4 Å². The van der Waals surface area contributed by atoms with Crippen LogP contribution in [-0.2, 0) is 16.1 Å². The number of esters is 1. The summed E-state index contributed by atoms with van der Waals surface area (Å²) in [4.78, 5) is 23.2. The van der Waals surface area contributed by atoms with Gasteiger partial charge in [0.2, 0.25) is 0 Å². The number of anilines is 1. The highest BCUT2D eigenvalue weighted by Gasteiger charge is 2.27. The third-order valence-corrected chi connectivity index (χ3v) is 6.25. The number of nitrogens with zero attached hydrogens (tertiary/aromatic N) is 4. The molecule has 1 aromatic carbocycles. The Morgan fingerprint density at radius 2 is 1.84 bits per heavy atom. The number of piperidine rings is 1. The number of hydrogen-bond donors (Lipinski definition) is 1. The van der Waals surface area contributed by atoms with Gasteiger partial charge in [0.25, 0.3) is 0 Å². The molecule has 2 aliphatic heterocycles. The van der Waals surface area contributed by atoms with Gasteiger partial charge in [0.05, 0.1) is 25.3 Å². The Kier molecular flexibility index (Phi) is 11.0. The molecule has 7 nitrogen and oxygen atoms in total. The van der Waals surface area contributed by atoms with Crippen molar-refractivity contribution in [3.63, 3.8) is 0 Å². The zero-order chi connectivity index (χ0) is 22.2. The van der Waals surface area contributed by atoms with Crippen LogP contribution in [0.5, 0.6) is 0 Å². The highest BCUT2D eigenvalue weighted by atomic mass is 127. The molecular formula is C23H37FIN5O2. The van der Waals surface area contributed by atoms with E-state index in [0.717, 1.165) is 76.7 Å². The van der Waals surface area contributed by atoms with Gasteiger partial charge >= 0.3 is 5.97 Å². The van der Waals surface area contributed by atoms with Crippen molar-refractivity contribution in [3.8, 4) is 0 Å². The van der Waals surface area contributed by atoms with Crippen molar-refractivity contribution < 1.29 is 13.9 Å². The average molecular weight is 561 g/mol. The fourth-order valence-corrected chi connectivity index (χ4v) is 4.30. The lowest BCUT2D eigenvalue weighted by molar-refractivity contribution is -0.146. The van der Waals surface area contributed by atoms with Crippen LogP contribution in [0.15, 0.2) is 23.2 Å². The maximum absolute atomic E-state index is 14.8. The maximum atomic E-state index is 14.8. The molecule has 0 unspecified atom stereocenters. The minimum absolute atomic E-state index is 0. The summed E-state index contributed by atoms with van der Waals surface area (Å²) in [5.41, 5.74) is 1.54. The molecule has 0 atom stereocenters. The molecule has 0 bridgehead atoms. The molecule has 180 valence electrons. The fourth-order valence-electron chi connectivity index (χ4n) is 4.30. The Morgan fingerprint density at radius 1 is 1.16 bits per heavy atom. The van der Waals surface area contributed by atoms with Crippen molar-refractivity contribution in [2.45, 2.75) is 33.2 Å². The Labute approximate surface area is 208 Å². The lowest BCUT2D eigenvalue weighted by Crippen LogP contribution is -2.46. The number of likely N-dealkylation sites (tertiary alicyclic amines) is 1. The highest BCUT2D eigenvalue weighted by Crippen LogP contribution is 2.23. The molecular weight excluding hydrogens is 524 g/mol. The van der Waals surface area contributed by atoms with Gasteiger partial charge in [-0.3, -0.25) is 4.79 Å². The molecule has 0 saturated carbocycles. The number of methoxy groups -OCH3 is 1. The molecule has 3 rings (SSSR count). The molecule has 1 aromatic rings. The smallest absolute Gasteiger partial charge is 0.308 e. The predicted octanol–water partition coefficient (Wildman–Crippen LogP) is 2.94.